The van der Waals surface area contributed by atoms with E-state index in [0.717, 1.165) is 10.9 Å². The van der Waals surface area contributed by atoms with Gasteiger partial charge in [0.2, 0.25) is 23.6 Å². The van der Waals surface area contributed by atoms with E-state index in [1.54, 1.807) is 18.3 Å². The third kappa shape index (κ3) is 13.0. The smallest absolute Gasteiger partial charge is 0.326 e. The van der Waals surface area contributed by atoms with Crippen LogP contribution in [-0.2, 0) is 43.2 Å². The van der Waals surface area contributed by atoms with Gasteiger partial charge < -0.3 is 58.6 Å². The second-order valence-electron chi connectivity index (χ2n) is 13.1. The van der Waals surface area contributed by atoms with Gasteiger partial charge in [-0.1, -0.05) is 30.3 Å². The number of carbonyl (C=O) groups excluding carboxylic acids is 4. The Morgan fingerprint density at radius 3 is 2.12 bits per heavy atom. The first-order chi connectivity index (χ1) is 26.8. The highest BCUT2D eigenvalue weighted by atomic mass is 32.2. The lowest BCUT2D eigenvalue weighted by atomic mass is 10.0. The van der Waals surface area contributed by atoms with Gasteiger partial charge in [0.05, 0.1) is 12.4 Å². The van der Waals surface area contributed by atoms with Crippen molar-refractivity contribution in [3.05, 3.63) is 84.1 Å². The van der Waals surface area contributed by atoms with Gasteiger partial charge in [-0.05, 0) is 60.6 Å². The number of hydrogen-bond donors (Lipinski definition) is 11. The summed E-state index contributed by atoms with van der Waals surface area (Å²) >= 11 is 1.43. The molecular weight excluding hydrogens is 743 g/mol. The van der Waals surface area contributed by atoms with E-state index in [0.29, 0.717) is 29.0 Å². The van der Waals surface area contributed by atoms with Crippen LogP contribution in [0.25, 0.3) is 10.9 Å². The average molecular weight is 792 g/mol. The highest BCUT2D eigenvalue weighted by molar-refractivity contribution is 7.98. The fourth-order valence-electron chi connectivity index (χ4n) is 5.87. The molecule has 2 aromatic heterocycles. The van der Waals surface area contributed by atoms with Gasteiger partial charge in [0, 0.05) is 54.8 Å². The van der Waals surface area contributed by atoms with Crippen LogP contribution in [0.1, 0.15) is 36.1 Å². The Hall–Kier alpha value is -6.08. The van der Waals surface area contributed by atoms with Crippen LogP contribution < -0.4 is 38.5 Å². The van der Waals surface area contributed by atoms with E-state index in [2.05, 4.69) is 41.2 Å². The van der Waals surface area contributed by atoms with Crippen molar-refractivity contribution in [3.63, 3.8) is 0 Å². The van der Waals surface area contributed by atoms with Crippen molar-refractivity contribution in [3.8, 4) is 5.75 Å². The lowest BCUT2D eigenvalue weighted by Crippen LogP contribution is -2.59. The van der Waals surface area contributed by atoms with Crippen molar-refractivity contribution < 1.29 is 34.2 Å². The number of H-pyrrole nitrogens is 2. The number of aromatic hydroxyl groups is 1. The topological polar surface area (TPSA) is 309 Å². The summed E-state index contributed by atoms with van der Waals surface area (Å²) in [5, 5.41) is 31.3. The zero-order valence-corrected chi connectivity index (χ0v) is 31.7. The summed E-state index contributed by atoms with van der Waals surface area (Å²) < 4.78 is 0. The van der Waals surface area contributed by atoms with Crippen LogP contribution >= 0.6 is 11.8 Å². The molecule has 4 rings (SSSR count). The summed E-state index contributed by atoms with van der Waals surface area (Å²) in [4.78, 5) is 81.2. The summed E-state index contributed by atoms with van der Waals surface area (Å²) in [5.74, 6) is -3.68. The highest BCUT2D eigenvalue weighted by Gasteiger charge is 2.32. The van der Waals surface area contributed by atoms with Crippen LogP contribution in [0, 0.1) is 0 Å². The number of phenolic OH excluding ortho intramolecular Hbond substituents is 1. The van der Waals surface area contributed by atoms with E-state index >= 15 is 0 Å². The van der Waals surface area contributed by atoms with E-state index < -0.39 is 59.8 Å². The van der Waals surface area contributed by atoms with Crippen LogP contribution in [0.2, 0.25) is 0 Å². The zero-order valence-electron chi connectivity index (χ0n) is 30.9. The third-order valence-electron chi connectivity index (χ3n) is 8.88. The lowest BCUT2D eigenvalue weighted by molar-refractivity contribution is -0.142. The van der Waals surface area contributed by atoms with E-state index in [4.69, 9.17) is 17.2 Å². The molecular formula is C37H49N11O7S. The number of aliphatic imine (C=N–C) groups is 1. The molecule has 18 nitrogen and oxygen atoms in total. The molecule has 56 heavy (non-hydrogen) atoms. The molecule has 0 radical (unpaired) electrons. The first-order valence-corrected chi connectivity index (χ1v) is 19.3. The average Bonchev–Trinajstić information content (AvgIpc) is 3.84. The molecule has 2 aromatic carbocycles. The number of fused-ring (bicyclic) bond motifs is 1. The quantitative estimate of drug-likeness (QED) is 0.0280. The van der Waals surface area contributed by atoms with Crippen molar-refractivity contribution >= 4 is 58.2 Å². The molecule has 4 aromatic rings. The molecule has 0 aliphatic carbocycles. The van der Waals surface area contributed by atoms with E-state index in [1.807, 2.05) is 30.5 Å². The molecule has 2 heterocycles. The second kappa shape index (κ2) is 21.1. The van der Waals surface area contributed by atoms with E-state index in [9.17, 15) is 34.2 Å². The zero-order chi connectivity index (χ0) is 40.6. The standard InChI is InChI=1S/C37H49N11O7S/c1-56-14-12-28(33(51)48-31(36(54)55)17-23-19-41-20-44-23)45-35(53)30(16-22-18-43-27-7-3-2-5-25(22)27)47-34(52)29(15-21-8-10-24(49)11-9-21)46-32(50)26(38)6-4-13-42-37(39)40/h2-3,5,7-11,18-20,26,28-31,43,49H,4,6,12-17,38H2,1H3,(H,41,44)(H,45,53)(H,46,50)(H,47,52)(H,48,51)(H,54,55)(H4,39,40,42)/t26-,28-,29-,30-,31-/m0/s1. The molecule has 0 aliphatic heterocycles. The number of carboxylic acid groups (broad SMARTS) is 1. The molecule has 0 fully saturated rings. The van der Waals surface area contributed by atoms with Crippen molar-refractivity contribution in [2.24, 2.45) is 22.2 Å². The van der Waals surface area contributed by atoms with Gasteiger partial charge in [0.15, 0.2) is 5.96 Å². The Bertz CT molecular complexity index is 1950. The summed E-state index contributed by atoms with van der Waals surface area (Å²) in [5.41, 5.74) is 19.5. The number of carbonyl (C=O) groups is 5. The molecule has 0 unspecified atom stereocenters. The Labute approximate surface area is 327 Å². The van der Waals surface area contributed by atoms with Crippen molar-refractivity contribution in [1.29, 1.82) is 0 Å². The predicted octanol–water partition coefficient (Wildman–Crippen LogP) is -0.218. The summed E-state index contributed by atoms with van der Waals surface area (Å²) in [6, 6.07) is 7.51. The van der Waals surface area contributed by atoms with Gasteiger partial charge in [0.1, 0.15) is 29.9 Å². The number of nitrogens with two attached hydrogens (primary N) is 3. The molecule has 300 valence electrons. The van der Waals surface area contributed by atoms with Gasteiger partial charge in [0.25, 0.3) is 0 Å². The van der Waals surface area contributed by atoms with Crippen molar-refractivity contribution in [1.82, 2.24) is 36.2 Å². The number of nitrogens with one attached hydrogen (secondary N) is 6. The molecule has 0 saturated carbocycles. The summed E-state index contributed by atoms with van der Waals surface area (Å²) in [6.07, 6.45) is 7.06. The number of carboxylic acids is 1. The number of rotatable bonds is 22. The molecule has 19 heteroatoms. The number of guanidine groups is 1. The highest BCUT2D eigenvalue weighted by Crippen LogP contribution is 2.20. The number of thioether (sulfide) groups is 1. The Morgan fingerprint density at radius 1 is 0.821 bits per heavy atom. The largest absolute Gasteiger partial charge is 0.508 e. The maximum Gasteiger partial charge on any atom is 0.326 e. The fourth-order valence-corrected chi connectivity index (χ4v) is 6.35. The minimum Gasteiger partial charge on any atom is -0.508 e. The molecule has 0 saturated heterocycles. The number of nitrogens with zero attached hydrogens (tertiary/aromatic N) is 2. The number of imidazole rings is 1. The van der Waals surface area contributed by atoms with E-state index in [-0.39, 0.29) is 50.4 Å². The second-order valence-corrected chi connectivity index (χ2v) is 14.1. The number of aromatic amines is 2. The molecule has 0 bridgehead atoms. The number of amides is 4. The van der Waals surface area contributed by atoms with Gasteiger partial charge in [-0.25, -0.2) is 9.78 Å². The van der Waals surface area contributed by atoms with Crippen LogP contribution in [0.5, 0.6) is 5.75 Å². The molecule has 14 N–H and O–H groups in total. The molecule has 4 amide bonds. The van der Waals surface area contributed by atoms with Crippen LogP contribution in [-0.4, -0.2) is 109 Å². The first kappa shape index (κ1) is 42.7. The van der Waals surface area contributed by atoms with Crippen molar-refractivity contribution in [2.45, 2.75) is 68.7 Å². The predicted molar refractivity (Wildman–Crippen MR) is 212 cm³/mol. The number of hydrogen-bond acceptors (Lipinski definition) is 10. The number of benzene rings is 2. The minimum atomic E-state index is -1.32. The number of para-hydroxylation sites is 1. The van der Waals surface area contributed by atoms with Gasteiger partial charge in [-0.2, -0.15) is 11.8 Å². The monoisotopic (exact) mass is 791 g/mol. The maximum atomic E-state index is 14.2. The first-order valence-electron chi connectivity index (χ1n) is 17.9. The molecule has 5 atom stereocenters. The SMILES string of the molecule is CSCC[C@H](NC(=O)[C@H](Cc1c[nH]c2ccccc12)NC(=O)[C@H](Cc1ccc(O)cc1)NC(=O)[C@@H](N)CCCN=C(N)N)C(=O)N[C@@H](Cc1cnc[nH]1)C(=O)O. The third-order valence-corrected chi connectivity index (χ3v) is 9.53. The van der Waals surface area contributed by atoms with Crippen LogP contribution in [0.15, 0.2) is 72.2 Å². The maximum absolute atomic E-state index is 14.2. The van der Waals surface area contributed by atoms with Gasteiger partial charge >= 0.3 is 5.97 Å². The number of aromatic nitrogens is 3. The fraction of sp³-hybridized carbons (Fsp3) is 0.378. The Balaban J connectivity index is 1.59. The van der Waals surface area contributed by atoms with Crippen LogP contribution in [0.4, 0.5) is 0 Å². The van der Waals surface area contributed by atoms with Crippen LogP contribution in [0.3, 0.4) is 0 Å². The summed E-state index contributed by atoms with van der Waals surface area (Å²) in [7, 11) is 0. The van der Waals surface area contributed by atoms with E-state index in [1.165, 1.54) is 36.4 Å². The Kier molecular flexibility index (Phi) is 16.1. The van der Waals surface area contributed by atoms with Gasteiger partial charge in [-0.3, -0.25) is 24.2 Å². The molecule has 0 aliphatic rings. The lowest BCUT2D eigenvalue weighted by Gasteiger charge is -2.26. The Morgan fingerprint density at radius 2 is 1.46 bits per heavy atom. The minimum absolute atomic E-state index is 0.00750. The number of aliphatic carboxylic acids is 1. The summed E-state index contributed by atoms with van der Waals surface area (Å²) in [6.45, 7) is 0.253. The van der Waals surface area contributed by atoms with Gasteiger partial charge in [-0.15, -0.1) is 0 Å². The molecule has 0 spiro atoms. The normalized spacial score (nSPS) is 13.8. The van der Waals surface area contributed by atoms with Crippen molar-refractivity contribution in [2.75, 3.05) is 18.6 Å². The number of phenols is 1.